The largest absolute Gasteiger partial charge is 0.465 e. The van der Waals surface area contributed by atoms with Gasteiger partial charge < -0.3 is 52.5 Å². The molecule has 3 saturated heterocycles. The molecule has 358 valence electrons. The van der Waals surface area contributed by atoms with Crippen LogP contribution in [0.1, 0.15) is 60.4 Å². The first kappa shape index (κ1) is 50.0. The number of aliphatic hydroxyl groups excluding tert-OH is 1. The summed E-state index contributed by atoms with van der Waals surface area (Å²) in [4.78, 5) is 107. The van der Waals surface area contributed by atoms with Gasteiger partial charge in [-0.1, -0.05) is 65.9 Å². The van der Waals surface area contributed by atoms with E-state index in [1.54, 1.807) is 48.5 Å². The quantitative estimate of drug-likeness (QED) is 0.159. The van der Waals surface area contributed by atoms with Crippen LogP contribution < -0.4 is 0 Å². The maximum Gasteiger partial charge on any atom is 0.417 e. The second-order valence-electron chi connectivity index (χ2n) is 15.6. The first-order valence-electron chi connectivity index (χ1n) is 20.9. The SMILES string of the molecule is COC(=O)[C@@]1(O[C@H]2[C@@H](O)[C@@H](COC(=O)c3ccccc3)O[C@@H](Sc3ccc(C)cc3)[C@@H]2OC(=O)c2ccccc2)C[C@@H]2OC(=O)N(C(C)=O)[C@H]2[C@H]([C@H](OC(C)=O)[C@@H](COC(C)=O)OC(C)=O)O1. The van der Waals surface area contributed by atoms with E-state index in [4.69, 9.17) is 47.4 Å². The third-order valence-electron chi connectivity index (χ3n) is 10.7. The summed E-state index contributed by atoms with van der Waals surface area (Å²) in [5.74, 6) is -9.57. The number of carbonyl (C=O) groups is 8. The summed E-state index contributed by atoms with van der Waals surface area (Å²) in [6.07, 6.45) is -16.1. The van der Waals surface area contributed by atoms with Gasteiger partial charge in [-0.3, -0.25) is 19.2 Å². The minimum absolute atomic E-state index is 0.0731. The van der Waals surface area contributed by atoms with Gasteiger partial charge in [0.15, 0.2) is 18.3 Å². The maximum absolute atomic E-state index is 14.5. The number of esters is 6. The molecule has 3 aliphatic rings. The molecule has 0 aliphatic carbocycles. The third kappa shape index (κ3) is 12.0. The molecule has 0 saturated carbocycles. The number of rotatable bonds is 16. The average molecular weight is 952 g/mol. The van der Waals surface area contributed by atoms with Crippen LogP contribution in [0.5, 0.6) is 0 Å². The smallest absolute Gasteiger partial charge is 0.417 e. The van der Waals surface area contributed by atoms with E-state index in [1.165, 1.54) is 24.3 Å². The molecule has 0 bridgehead atoms. The minimum Gasteiger partial charge on any atom is -0.465 e. The Morgan fingerprint density at radius 1 is 0.806 bits per heavy atom. The van der Waals surface area contributed by atoms with Gasteiger partial charge in [0, 0.05) is 32.6 Å². The van der Waals surface area contributed by atoms with Gasteiger partial charge in [0.05, 0.1) is 24.7 Å². The van der Waals surface area contributed by atoms with E-state index in [2.05, 4.69) is 0 Å². The molecule has 11 atom stereocenters. The van der Waals surface area contributed by atoms with E-state index >= 15 is 0 Å². The second kappa shape index (κ2) is 21.9. The summed E-state index contributed by atoms with van der Waals surface area (Å²) >= 11 is 1.03. The molecular weight excluding hydrogens is 903 g/mol. The molecule has 6 rings (SSSR count). The van der Waals surface area contributed by atoms with Gasteiger partial charge in [-0.25, -0.2) is 24.1 Å². The van der Waals surface area contributed by atoms with Crippen LogP contribution in [0.4, 0.5) is 4.79 Å². The lowest BCUT2D eigenvalue weighted by Gasteiger charge is -2.50. The number of hydrogen-bond donors (Lipinski definition) is 1. The second-order valence-corrected chi connectivity index (χ2v) is 16.8. The van der Waals surface area contributed by atoms with Crippen LogP contribution in [-0.2, 0) is 71.3 Å². The van der Waals surface area contributed by atoms with Gasteiger partial charge in [-0.05, 0) is 43.3 Å². The number of benzene rings is 3. The van der Waals surface area contributed by atoms with Crippen molar-refractivity contribution in [3.8, 4) is 0 Å². The zero-order valence-electron chi connectivity index (χ0n) is 37.1. The molecule has 67 heavy (non-hydrogen) atoms. The van der Waals surface area contributed by atoms with Gasteiger partial charge in [-0.15, -0.1) is 0 Å². The van der Waals surface area contributed by atoms with Crippen LogP contribution in [0.15, 0.2) is 89.8 Å². The van der Waals surface area contributed by atoms with Crippen molar-refractivity contribution >= 4 is 59.6 Å². The van der Waals surface area contributed by atoms with Crippen LogP contribution in [0.2, 0.25) is 0 Å². The van der Waals surface area contributed by atoms with Crippen LogP contribution in [0.3, 0.4) is 0 Å². The van der Waals surface area contributed by atoms with E-state index in [0.717, 1.165) is 52.1 Å². The van der Waals surface area contributed by atoms with Crippen molar-refractivity contribution in [2.45, 2.75) is 112 Å². The molecule has 0 radical (unpaired) electrons. The zero-order chi connectivity index (χ0) is 48.6. The summed E-state index contributed by atoms with van der Waals surface area (Å²) in [6, 6.07) is 21.3. The molecule has 0 aromatic heterocycles. The highest BCUT2D eigenvalue weighted by atomic mass is 32.2. The average Bonchev–Trinajstić information content (AvgIpc) is 3.64. The van der Waals surface area contributed by atoms with Crippen molar-refractivity contribution in [1.29, 1.82) is 0 Å². The predicted molar refractivity (Wildman–Crippen MR) is 228 cm³/mol. The van der Waals surface area contributed by atoms with Crippen molar-refractivity contribution < 1.29 is 90.8 Å². The van der Waals surface area contributed by atoms with Crippen molar-refractivity contribution in [1.82, 2.24) is 4.90 Å². The number of nitrogens with zero attached hydrogens (tertiary/aromatic N) is 1. The van der Waals surface area contributed by atoms with E-state index in [0.29, 0.717) is 9.80 Å². The number of aryl methyl sites for hydroxylation is 1. The van der Waals surface area contributed by atoms with Crippen LogP contribution in [0, 0.1) is 6.92 Å². The molecule has 0 unspecified atom stereocenters. The molecule has 3 aromatic carbocycles. The molecule has 3 heterocycles. The molecular formula is C46H49NO19S. The summed E-state index contributed by atoms with van der Waals surface area (Å²) in [6.45, 7) is 4.56. The van der Waals surface area contributed by atoms with Crippen LogP contribution in [-0.4, -0.2) is 144 Å². The molecule has 3 aliphatic heterocycles. The van der Waals surface area contributed by atoms with Gasteiger partial charge in [-0.2, -0.15) is 0 Å². The molecule has 21 heteroatoms. The highest BCUT2D eigenvalue weighted by Crippen LogP contribution is 2.45. The van der Waals surface area contributed by atoms with E-state index in [-0.39, 0.29) is 11.1 Å². The number of carbonyl (C=O) groups excluding carboxylic acids is 8. The van der Waals surface area contributed by atoms with Crippen LogP contribution >= 0.6 is 11.8 Å². The lowest BCUT2D eigenvalue weighted by molar-refractivity contribution is -0.348. The minimum atomic E-state index is -2.85. The standard InChI is InChI=1S/C46H49NO19S/c1-24-17-19-31(20-18-24)67-43-40(64-42(54)30-15-11-8-12-16-30)39(36(52)33(62-43)22-59-41(53)29-13-9-7-10-14-29)66-46(44(55)57-6)21-32-35(47(25(2)48)45(56)63-32)38(65-46)37(61-28(5)51)34(60-27(4)50)23-58-26(3)49/h7-20,32-40,43,52H,21-23H2,1-6H3/t32-,33+,34+,35+,36-,37+,38+,39-,40+,43-,46-/m0/s1. The number of hydrogen-bond acceptors (Lipinski definition) is 20. The molecule has 0 spiro atoms. The topological polar surface area (TPSA) is 252 Å². The Balaban J connectivity index is 1.50. The zero-order valence-corrected chi connectivity index (χ0v) is 37.9. The summed E-state index contributed by atoms with van der Waals surface area (Å²) < 4.78 is 58.5. The number of ether oxygens (including phenoxy) is 10. The van der Waals surface area contributed by atoms with Gasteiger partial charge in [0.2, 0.25) is 5.91 Å². The summed E-state index contributed by atoms with van der Waals surface area (Å²) in [7, 11) is 0.960. The molecule has 3 aromatic rings. The Labute approximate surface area is 388 Å². The Bertz CT molecular complexity index is 2300. The molecule has 20 nitrogen and oxygen atoms in total. The Hall–Kier alpha value is -6.39. The fourth-order valence-electron chi connectivity index (χ4n) is 7.77. The fourth-order valence-corrected chi connectivity index (χ4v) is 8.87. The first-order chi connectivity index (χ1) is 31.9. The lowest BCUT2D eigenvalue weighted by atomic mass is 9.87. The Kier molecular flexibility index (Phi) is 16.4. The van der Waals surface area contributed by atoms with Crippen molar-refractivity contribution in [3.63, 3.8) is 0 Å². The molecule has 2 amide bonds. The predicted octanol–water partition coefficient (Wildman–Crippen LogP) is 3.46. The lowest BCUT2D eigenvalue weighted by Crippen LogP contribution is -2.70. The van der Waals surface area contributed by atoms with Gasteiger partial charge in [0.1, 0.15) is 55.2 Å². The first-order valence-corrected chi connectivity index (χ1v) is 21.8. The number of thioether (sulfide) groups is 1. The molecule has 1 N–H and O–H groups in total. The third-order valence-corrected chi connectivity index (χ3v) is 11.9. The van der Waals surface area contributed by atoms with E-state index in [1.807, 2.05) is 19.1 Å². The summed E-state index contributed by atoms with van der Waals surface area (Å²) in [5, 5.41) is 12.4. The van der Waals surface area contributed by atoms with Crippen molar-refractivity contribution in [2.75, 3.05) is 20.3 Å². The highest BCUT2D eigenvalue weighted by molar-refractivity contribution is 7.99. The normalized spacial score (nSPS) is 26.4. The van der Waals surface area contributed by atoms with Crippen molar-refractivity contribution in [2.24, 2.45) is 0 Å². The fraction of sp³-hybridized carbons (Fsp3) is 0.435. The van der Waals surface area contributed by atoms with Gasteiger partial charge in [0.25, 0.3) is 5.79 Å². The number of methoxy groups -OCH3 is 1. The van der Waals surface area contributed by atoms with E-state index < -0.39 is 134 Å². The Morgan fingerprint density at radius 3 is 1.99 bits per heavy atom. The van der Waals surface area contributed by atoms with E-state index in [9.17, 15) is 43.5 Å². The van der Waals surface area contributed by atoms with Crippen LogP contribution in [0.25, 0.3) is 0 Å². The number of aliphatic hydroxyl groups is 1. The molecule has 3 fully saturated rings. The van der Waals surface area contributed by atoms with Gasteiger partial charge >= 0.3 is 41.9 Å². The van der Waals surface area contributed by atoms with Crippen molar-refractivity contribution in [3.05, 3.63) is 102 Å². The number of imide groups is 1. The monoisotopic (exact) mass is 951 g/mol. The highest BCUT2D eigenvalue weighted by Gasteiger charge is 2.66. The number of fused-ring (bicyclic) bond motifs is 1. The Morgan fingerprint density at radius 2 is 1.42 bits per heavy atom. The number of amides is 2. The maximum atomic E-state index is 14.5. The summed E-state index contributed by atoms with van der Waals surface area (Å²) in [5.41, 5.74) is -0.147.